The van der Waals surface area contributed by atoms with Gasteiger partial charge in [0.25, 0.3) is 0 Å². The number of carbonyl (C=O) groups excluding carboxylic acids is 2. The quantitative estimate of drug-likeness (QED) is 0.809. The van der Waals surface area contributed by atoms with Crippen molar-refractivity contribution in [1.82, 2.24) is 9.80 Å². The molecule has 158 valence electrons. The number of amides is 2. The van der Waals surface area contributed by atoms with Gasteiger partial charge in [-0.3, -0.25) is 9.59 Å². The minimum Gasteiger partial charge on any atom is -0.385 e. The highest BCUT2D eigenvalue weighted by molar-refractivity contribution is 6.30. The monoisotopic (exact) mass is 430 g/mol. The molecule has 2 saturated heterocycles. The highest BCUT2D eigenvalue weighted by atomic mass is 35.5. The molecule has 0 aromatic heterocycles. The zero-order valence-electron chi connectivity index (χ0n) is 16.6. The first-order chi connectivity index (χ1) is 14.3. The van der Waals surface area contributed by atoms with E-state index in [1.807, 2.05) is 12.1 Å². The van der Waals surface area contributed by atoms with E-state index in [-0.39, 0.29) is 30.0 Å². The molecule has 1 atom stereocenters. The van der Waals surface area contributed by atoms with Gasteiger partial charge in [0.05, 0.1) is 11.5 Å². The van der Waals surface area contributed by atoms with Gasteiger partial charge in [-0.05, 0) is 48.2 Å². The Morgan fingerprint density at radius 2 is 1.73 bits per heavy atom. The van der Waals surface area contributed by atoms with Crippen LogP contribution >= 0.6 is 11.6 Å². The van der Waals surface area contributed by atoms with Crippen molar-refractivity contribution >= 4 is 23.4 Å². The molecule has 0 aliphatic carbocycles. The zero-order chi connectivity index (χ0) is 21.3. The molecule has 0 bridgehead atoms. The molecule has 0 radical (unpaired) electrons. The molecule has 5 nitrogen and oxygen atoms in total. The fraction of sp³-hybridized carbons (Fsp3) is 0.391. The first-order valence-corrected chi connectivity index (χ1v) is 10.5. The normalized spacial score (nSPS) is 21.2. The van der Waals surface area contributed by atoms with E-state index in [1.54, 1.807) is 34.1 Å². The summed E-state index contributed by atoms with van der Waals surface area (Å²) in [5, 5.41) is 11.6. The van der Waals surface area contributed by atoms with Crippen LogP contribution in [0.1, 0.15) is 30.4 Å². The Morgan fingerprint density at radius 3 is 2.37 bits per heavy atom. The molecular weight excluding hydrogens is 407 g/mol. The van der Waals surface area contributed by atoms with Gasteiger partial charge in [-0.2, -0.15) is 0 Å². The highest BCUT2D eigenvalue weighted by Crippen LogP contribution is 2.34. The first kappa shape index (κ1) is 20.8. The van der Waals surface area contributed by atoms with E-state index in [0.717, 1.165) is 11.1 Å². The van der Waals surface area contributed by atoms with Crippen molar-refractivity contribution in [1.29, 1.82) is 0 Å². The molecule has 2 fully saturated rings. The molecular formula is C23H24ClFN2O3. The SMILES string of the molecule is O=C1C[C@H](C(=O)N2CCC(O)(c3ccc(Cl)cc3)CC2)CN1Cc1ccc(F)cc1. The molecule has 2 aliphatic heterocycles. The lowest BCUT2D eigenvalue weighted by atomic mass is 9.84. The third-order valence-electron chi connectivity index (χ3n) is 6.13. The molecule has 2 heterocycles. The molecule has 0 unspecified atom stereocenters. The third kappa shape index (κ3) is 4.35. The van der Waals surface area contributed by atoms with E-state index < -0.39 is 5.60 Å². The Morgan fingerprint density at radius 1 is 1.10 bits per heavy atom. The predicted octanol–water partition coefficient (Wildman–Crippen LogP) is 3.34. The van der Waals surface area contributed by atoms with E-state index in [2.05, 4.69) is 0 Å². The first-order valence-electron chi connectivity index (χ1n) is 10.1. The summed E-state index contributed by atoms with van der Waals surface area (Å²) in [5.74, 6) is -0.793. The number of hydrogen-bond acceptors (Lipinski definition) is 3. The summed E-state index contributed by atoms with van der Waals surface area (Å²) in [5.41, 5.74) is 0.672. The fourth-order valence-corrected chi connectivity index (χ4v) is 4.43. The number of nitrogens with zero attached hydrogens (tertiary/aromatic N) is 2. The lowest BCUT2D eigenvalue weighted by Crippen LogP contribution is -2.47. The second kappa shape index (κ2) is 8.36. The van der Waals surface area contributed by atoms with E-state index in [4.69, 9.17) is 11.6 Å². The lowest BCUT2D eigenvalue weighted by molar-refractivity contribution is -0.140. The molecule has 7 heteroatoms. The Balaban J connectivity index is 1.34. The van der Waals surface area contributed by atoms with Crippen molar-refractivity contribution in [2.75, 3.05) is 19.6 Å². The molecule has 1 N–H and O–H groups in total. The average molecular weight is 431 g/mol. The topological polar surface area (TPSA) is 60.9 Å². The number of hydrogen-bond donors (Lipinski definition) is 1. The standard InChI is InChI=1S/C23H24ClFN2O3/c24-19-5-3-18(4-6-19)23(30)9-11-26(12-10-23)22(29)17-13-21(28)27(15-17)14-16-1-7-20(25)8-2-16/h1-8,17,30H,9-15H2/t17-/m0/s1. The summed E-state index contributed by atoms with van der Waals surface area (Å²) in [4.78, 5) is 28.8. The number of carbonyl (C=O) groups is 2. The van der Waals surface area contributed by atoms with Gasteiger partial charge in [0.2, 0.25) is 11.8 Å². The van der Waals surface area contributed by atoms with Crippen LogP contribution in [0.4, 0.5) is 4.39 Å². The molecule has 2 amide bonds. The molecule has 30 heavy (non-hydrogen) atoms. The summed E-state index contributed by atoms with van der Waals surface area (Å²) in [7, 11) is 0. The number of benzene rings is 2. The van der Waals surface area contributed by atoms with Gasteiger partial charge >= 0.3 is 0 Å². The van der Waals surface area contributed by atoms with Gasteiger partial charge in [0, 0.05) is 37.6 Å². The maximum absolute atomic E-state index is 13.1. The molecule has 2 aliphatic rings. The molecule has 2 aromatic rings. The third-order valence-corrected chi connectivity index (χ3v) is 6.39. The Bertz CT molecular complexity index is 924. The van der Waals surface area contributed by atoms with Crippen molar-refractivity contribution in [3.05, 3.63) is 70.5 Å². The van der Waals surface area contributed by atoms with Crippen LogP contribution in [-0.2, 0) is 21.7 Å². The van der Waals surface area contributed by atoms with E-state index in [0.29, 0.717) is 44.0 Å². The average Bonchev–Trinajstić information content (AvgIpc) is 3.10. The van der Waals surface area contributed by atoms with Gasteiger partial charge in [-0.15, -0.1) is 0 Å². The molecule has 0 saturated carbocycles. The summed E-state index contributed by atoms with van der Waals surface area (Å²) >= 11 is 5.93. The van der Waals surface area contributed by atoms with Crippen LogP contribution in [-0.4, -0.2) is 46.4 Å². The number of aliphatic hydroxyl groups is 1. The predicted molar refractivity (Wildman–Crippen MR) is 111 cm³/mol. The number of rotatable bonds is 4. The summed E-state index contributed by atoms with van der Waals surface area (Å²) < 4.78 is 13.1. The summed E-state index contributed by atoms with van der Waals surface area (Å²) in [6.07, 6.45) is 1.08. The van der Waals surface area contributed by atoms with Crippen LogP contribution in [0.3, 0.4) is 0 Å². The van der Waals surface area contributed by atoms with Crippen molar-refractivity contribution in [2.45, 2.75) is 31.4 Å². The second-order valence-electron chi connectivity index (χ2n) is 8.17. The Labute approximate surface area is 180 Å². The number of halogens is 2. The minimum atomic E-state index is -0.971. The highest BCUT2D eigenvalue weighted by Gasteiger charge is 2.40. The zero-order valence-corrected chi connectivity index (χ0v) is 17.3. The molecule has 2 aromatic carbocycles. The van der Waals surface area contributed by atoms with Crippen molar-refractivity contribution in [2.24, 2.45) is 5.92 Å². The summed E-state index contributed by atoms with van der Waals surface area (Å²) in [6, 6.07) is 13.2. The van der Waals surface area contributed by atoms with Gasteiger partial charge in [0.15, 0.2) is 0 Å². The van der Waals surface area contributed by atoms with E-state index in [1.165, 1.54) is 12.1 Å². The van der Waals surface area contributed by atoms with Crippen LogP contribution in [0, 0.1) is 11.7 Å². The number of likely N-dealkylation sites (tertiary alicyclic amines) is 2. The van der Waals surface area contributed by atoms with Crippen LogP contribution in [0.5, 0.6) is 0 Å². The Hall–Kier alpha value is -2.44. The van der Waals surface area contributed by atoms with Gasteiger partial charge in [-0.1, -0.05) is 35.9 Å². The molecule has 0 spiro atoms. The maximum Gasteiger partial charge on any atom is 0.227 e. The smallest absolute Gasteiger partial charge is 0.227 e. The lowest BCUT2D eigenvalue weighted by Gasteiger charge is -2.39. The fourth-order valence-electron chi connectivity index (χ4n) is 4.30. The van der Waals surface area contributed by atoms with Crippen LogP contribution in [0.15, 0.2) is 48.5 Å². The van der Waals surface area contributed by atoms with Gasteiger partial charge in [0.1, 0.15) is 5.82 Å². The Kier molecular flexibility index (Phi) is 5.80. The van der Waals surface area contributed by atoms with Gasteiger partial charge in [-0.25, -0.2) is 4.39 Å². The summed E-state index contributed by atoms with van der Waals surface area (Å²) in [6.45, 7) is 1.63. The second-order valence-corrected chi connectivity index (χ2v) is 8.60. The molecule has 4 rings (SSSR count). The number of piperidine rings is 1. The van der Waals surface area contributed by atoms with Crippen molar-refractivity contribution in [3.63, 3.8) is 0 Å². The van der Waals surface area contributed by atoms with Crippen LogP contribution < -0.4 is 0 Å². The van der Waals surface area contributed by atoms with E-state index in [9.17, 15) is 19.1 Å². The van der Waals surface area contributed by atoms with Crippen molar-refractivity contribution in [3.8, 4) is 0 Å². The van der Waals surface area contributed by atoms with Gasteiger partial charge < -0.3 is 14.9 Å². The maximum atomic E-state index is 13.1. The largest absolute Gasteiger partial charge is 0.385 e. The van der Waals surface area contributed by atoms with Crippen LogP contribution in [0.2, 0.25) is 5.02 Å². The van der Waals surface area contributed by atoms with E-state index >= 15 is 0 Å². The van der Waals surface area contributed by atoms with Crippen LogP contribution in [0.25, 0.3) is 0 Å². The van der Waals surface area contributed by atoms with Crippen molar-refractivity contribution < 1.29 is 19.1 Å². The minimum absolute atomic E-state index is 0.0388.